The molecule has 4 atom stereocenters. The average Bonchev–Trinajstić information content (AvgIpc) is 2.54. The van der Waals surface area contributed by atoms with Gasteiger partial charge in [-0.1, -0.05) is 0 Å². The first-order chi connectivity index (χ1) is 11.7. The Labute approximate surface area is 151 Å². The molecule has 0 fully saturated rings. The van der Waals surface area contributed by atoms with Crippen molar-refractivity contribution in [1.82, 2.24) is 5.32 Å². The van der Waals surface area contributed by atoms with E-state index in [9.17, 15) is 24.2 Å². The maximum absolute atomic E-state index is 13.4. The summed E-state index contributed by atoms with van der Waals surface area (Å²) in [5.41, 5.74) is 5.22. The number of hydrogen-bond acceptors (Lipinski definition) is 5. The summed E-state index contributed by atoms with van der Waals surface area (Å²) >= 11 is 3.20. The van der Waals surface area contributed by atoms with Crippen molar-refractivity contribution in [3.8, 4) is 5.75 Å². The number of halogens is 2. The molecule has 1 aromatic rings. The van der Waals surface area contributed by atoms with Crippen LogP contribution >= 0.6 is 15.9 Å². The number of ether oxygens (including phenoxy) is 1. The number of aliphatic hydroxyl groups excluding tert-OH is 2. The molecule has 0 saturated carbocycles. The van der Waals surface area contributed by atoms with Crippen molar-refractivity contribution in [2.45, 2.75) is 37.7 Å². The first-order valence-corrected chi connectivity index (χ1v) is 8.27. The molecule has 1 aromatic carbocycles. The van der Waals surface area contributed by atoms with E-state index in [1.807, 2.05) is 0 Å². The summed E-state index contributed by atoms with van der Waals surface area (Å²) in [7, 11) is 0. The van der Waals surface area contributed by atoms with Gasteiger partial charge in [-0.2, -0.15) is 0 Å². The largest absolute Gasteiger partial charge is 0.482 e. The fourth-order valence-electron chi connectivity index (χ4n) is 2.28. The van der Waals surface area contributed by atoms with Crippen molar-refractivity contribution in [2.24, 2.45) is 5.73 Å². The van der Waals surface area contributed by atoms with Crippen LogP contribution in [0.1, 0.15) is 13.3 Å². The van der Waals surface area contributed by atoms with Crippen LogP contribution in [0.15, 0.2) is 34.3 Å². The lowest BCUT2D eigenvalue weighted by molar-refractivity contribution is -0.125. The fraction of sp³-hybridized carbons (Fsp3) is 0.375. The highest BCUT2D eigenvalue weighted by atomic mass is 79.9. The molecule has 0 heterocycles. The predicted molar refractivity (Wildman–Crippen MR) is 90.0 cm³/mol. The third-order valence-corrected chi connectivity index (χ3v) is 4.40. The average molecular weight is 417 g/mol. The van der Waals surface area contributed by atoms with Gasteiger partial charge in [-0.05, 0) is 41.1 Å². The van der Waals surface area contributed by atoms with E-state index in [2.05, 4.69) is 21.2 Å². The van der Waals surface area contributed by atoms with E-state index in [1.165, 1.54) is 25.1 Å². The van der Waals surface area contributed by atoms with Gasteiger partial charge in [-0.3, -0.25) is 9.59 Å². The van der Waals surface area contributed by atoms with Crippen LogP contribution in [0.2, 0.25) is 0 Å². The lowest BCUT2D eigenvalue weighted by Gasteiger charge is -2.31. The number of nitrogens with two attached hydrogens (primary N) is 1. The van der Waals surface area contributed by atoms with Crippen molar-refractivity contribution >= 4 is 27.7 Å². The number of aliphatic hydroxyl groups is 2. The van der Waals surface area contributed by atoms with E-state index in [0.29, 0.717) is 4.47 Å². The van der Waals surface area contributed by atoms with Gasteiger partial charge >= 0.3 is 0 Å². The molecule has 5 N–H and O–H groups in total. The molecule has 9 heteroatoms. The Morgan fingerprint density at radius 3 is 2.76 bits per heavy atom. The van der Waals surface area contributed by atoms with Crippen molar-refractivity contribution in [3.63, 3.8) is 0 Å². The SMILES string of the molecule is CC(NC(=O)C1=CC(Oc2cc(F)ccc2Br)C(O)C(O)C1)C(N)=O. The van der Waals surface area contributed by atoms with E-state index in [1.54, 1.807) is 0 Å². The van der Waals surface area contributed by atoms with E-state index in [-0.39, 0.29) is 17.7 Å². The van der Waals surface area contributed by atoms with Crippen molar-refractivity contribution in [2.75, 3.05) is 0 Å². The molecule has 136 valence electrons. The number of amides is 2. The Kier molecular flexibility index (Phi) is 6.15. The number of primary amides is 1. The van der Waals surface area contributed by atoms with E-state index in [4.69, 9.17) is 10.5 Å². The number of rotatable bonds is 5. The summed E-state index contributed by atoms with van der Waals surface area (Å²) in [5, 5.41) is 22.5. The van der Waals surface area contributed by atoms with Gasteiger partial charge in [0.2, 0.25) is 11.8 Å². The highest BCUT2D eigenvalue weighted by Crippen LogP contribution is 2.30. The maximum atomic E-state index is 13.4. The molecular formula is C16H18BrFN2O5. The zero-order valence-electron chi connectivity index (χ0n) is 13.3. The van der Waals surface area contributed by atoms with E-state index in [0.717, 1.165) is 6.07 Å². The molecule has 25 heavy (non-hydrogen) atoms. The van der Waals surface area contributed by atoms with Crippen LogP contribution in [0.25, 0.3) is 0 Å². The van der Waals surface area contributed by atoms with Gasteiger partial charge in [-0.25, -0.2) is 4.39 Å². The Morgan fingerprint density at radius 1 is 1.44 bits per heavy atom. The van der Waals surface area contributed by atoms with Gasteiger partial charge in [0.05, 0.1) is 10.6 Å². The second-order valence-electron chi connectivity index (χ2n) is 5.71. The third-order valence-electron chi connectivity index (χ3n) is 3.75. The first-order valence-electron chi connectivity index (χ1n) is 7.47. The Balaban J connectivity index is 2.22. The lowest BCUT2D eigenvalue weighted by atomic mass is 9.91. The van der Waals surface area contributed by atoms with Crippen LogP contribution < -0.4 is 15.8 Å². The summed E-state index contributed by atoms with van der Waals surface area (Å²) in [5.74, 6) is -1.74. The molecule has 1 aliphatic carbocycles. The molecule has 1 aliphatic rings. The number of hydrogen-bond donors (Lipinski definition) is 4. The van der Waals surface area contributed by atoms with Crippen LogP contribution in [0.4, 0.5) is 4.39 Å². The van der Waals surface area contributed by atoms with Crippen molar-refractivity contribution in [1.29, 1.82) is 0 Å². The Hall–Kier alpha value is -1.97. The van der Waals surface area contributed by atoms with Gasteiger partial charge in [0, 0.05) is 18.1 Å². The zero-order valence-corrected chi connectivity index (χ0v) is 14.9. The Morgan fingerprint density at radius 2 is 2.12 bits per heavy atom. The summed E-state index contributed by atoms with van der Waals surface area (Å²) in [6, 6.07) is 2.88. The van der Waals surface area contributed by atoms with Crippen LogP contribution in [-0.4, -0.2) is 46.4 Å². The van der Waals surface area contributed by atoms with E-state index >= 15 is 0 Å². The van der Waals surface area contributed by atoms with Gasteiger partial charge in [0.15, 0.2) is 0 Å². The first kappa shape index (κ1) is 19.4. The lowest BCUT2D eigenvalue weighted by Crippen LogP contribution is -2.47. The quantitative estimate of drug-likeness (QED) is 0.552. The fourth-order valence-corrected chi connectivity index (χ4v) is 2.62. The van der Waals surface area contributed by atoms with Crippen LogP contribution in [0, 0.1) is 5.82 Å². The van der Waals surface area contributed by atoms with Crippen LogP contribution in [0.3, 0.4) is 0 Å². The van der Waals surface area contributed by atoms with Crippen LogP contribution in [-0.2, 0) is 9.59 Å². The Bertz CT molecular complexity index is 712. The molecule has 0 bridgehead atoms. The van der Waals surface area contributed by atoms with E-state index < -0.39 is 42.0 Å². The van der Waals surface area contributed by atoms with Gasteiger partial charge < -0.3 is 26.0 Å². The molecule has 0 spiro atoms. The summed E-state index contributed by atoms with van der Waals surface area (Å²) in [6.45, 7) is 1.42. The minimum absolute atomic E-state index is 0.111. The summed E-state index contributed by atoms with van der Waals surface area (Å²) in [4.78, 5) is 23.2. The summed E-state index contributed by atoms with van der Waals surface area (Å²) < 4.78 is 19.3. The molecule has 0 radical (unpaired) electrons. The molecule has 0 aromatic heterocycles. The number of nitrogens with one attached hydrogen (secondary N) is 1. The highest BCUT2D eigenvalue weighted by Gasteiger charge is 2.35. The molecule has 7 nitrogen and oxygen atoms in total. The molecule has 0 aliphatic heterocycles. The topological polar surface area (TPSA) is 122 Å². The second kappa shape index (κ2) is 7.94. The normalized spacial score (nSPS) is 24.2. The van der Waals surface area contributed by atoms with Gasteiger partial charge in [0.1, 0.15) is 29.8 Å². The molecular weight excluding hydrogens is 399 g/mol. The highest BCUT2D eigenvalue weighted by molar-refractivity contribution is 9.10. The minimum Gasteiger partial charge on any atom is -0.482 e. The standard InChI is InChI=1S/C16H18BrFN2O5/c1-7(15(19)23)20-16(24)8-4-11(21)14(22)13(5-8)25-12-6-9(18)2-3-10(12)17/h2-3,5-7,11,13-14,21-22H,4H2,1H3,(H2,19,23)(H,20,24). The molecule has 0 saturated heterocycles. The minimum atomic E-state index is -1.31. The maximum Gasteiger partial charge on any atom is 0.247 e. The van der Waals surface area contributed by atoms with Crippen molar-refractivity contribution in [3.05, 3.63) is 40.1 Å². The molecule has 2 amide bonds. The zero-order chi connectivity index (χ0) is 18.7. The second-order valence-corrected chi connectivity index (χ2v) is 6.56. The van der Waals surface area contributed by atoms with Crippen molar-refractivity contribution < 1.29 is 28.9 Å². The monoisotopic (exact) mass is 416 g/mol. The number of carbonyl (C=O) groups is 2. The third kappa shape index (κ3) is 4.77. The molecule has 2 rings (SSSR count). The number of carbonyl (C=O) groups excluding carboxylic acids is 2. The molecule has 4 unspecified atom stereocenters. The number of benzene rings is 1. The van der Waals surface area contributed by atoms with Gasteiger partial charge in [-0.15, -0.1) is 0 Å². The van der Waals surface area contributed by atoms with Gasteiger partial charge in [0.25, 0.3) is 0 Å². The smallest absolute Gasteiger partial charge is 0.247 e. The predicted octanol–water partition coefficient (Wildman–Crippen LogP) is 0.377. The summed E-state index contributed by atoms with van der Waals surface area (Å²) in [6.07, 6.45) is -2.43. The van der Waals surface area contributed by atoms with Crippen LogP contribution in [0.5, 0.6) is 5.75 Å².